The molecule has 1 N–H and O–H groups in total. The van der Waals surface area contributed by atoms with Crippen LogP contribution >= 0.6 is 11.3 Å². The monoisotopic (exact) mass is 410 g/mol. The van der Waals surface area contributed by atoms with Crippen molar-refractivity contribution in [1.29, 1.82) is 0 Å². The third kappa shape index (κ3) is 3.52. The summed E-state index contributed by atoms with van der Waals surface area (Å²) in [6.45, 7) is 3.65. The molecule has 0 unspecified atom stereocenters. The Morgan fingerprint density at radius 1 is 1.24 bits per heavy atom. The number of para-hydroxylation sites is 1. The number of rotatable bonds is 5. The predicted molar refractivity (Wildman–Crippen MR) is 109 cm³/mol. The standard InChI is InChI=1S/C20H18N4O4S/c1-11-12(2)29-19-16(11)18(25)21-15(22-19)10-28-20(26)17-14(27-3)9-24(23-17)13-7-5-4-6-8-13/h4-9H,10H2,1-3H3,(H,21,22,25). The number of ether oxygens (including phenoxy) is 2. The molecule has 3 heterocycles. The number of hydrogen-bond acceptors (Lipinski definition) is 7. The Kier molecular flexibility index (Phi) is 4.89. The fraction of sp³-hybridized carbons (Fsp3) is 0.200. The molecule has 0 saturated heterocycles. The Bertz CT molecular complexity index is 1260. The predicted octanol–water partition coefficient (Wildman–Crippen LogP) is 3.15. The van der Waals surface area contributed by atoms with Gasteiger partial charge in [0, 0.05) is 4.88 Å². The molecule has 0 aliphatic rings. The van der Waals surface area contributed by atoms with E-state index in [0.717, 1.165) is 16.1 Å². The summed E-state index contributed by atoms with van der Waals surface area (Å²) in [5.41, 5.74) is 1.50. The van der Waals surface area contributed by atoms with Crippen molar-refractivity contribution < 1.29 is 14.3 Å². The van der Waals surface area contributed by atoms with E-state index in [-0.39, 0.29) is 23.7 Å². The average molecular weight is 410 g/mol. The Labute approximate surface area is 169 Å². The normalized spacial score (nSPS) is 11.0. The minimum Gasteiger partial charge on any atom is -0.493 e. The molecule has 8 nitrogen and oxygen atoms in total. The number of carbonyl (C=O) groups is 1. The molecule has 148 valence electrons. The smallest absolute Gasteiger partial charge is 0.363 e. The lowest BCUT2D eigenvalue weighted by Crippen LogP contribution is -2.15. The minimum absolute atomic E-state index is 0.0441. The molecule has 0 aliphatic carbocycles. The molecule has 29 heavy (non-hydrogen) atoms. The van der Waals surface area contributed by atoms with Gasteiger partial charge in [0.2, 0.25) is 5.69 Å². The molecule has 0 spiro atoms. The van der Waals surface area contributed by atoms with Crippen LogP contribution < -0.4 is 10.3 Å². The summed E-state index contributed by atoms with van der Waals surface area (Å²) < 4.78 is 12.1. The highest BCUT2D eigenvalue weighted by Crippen LogP contribution is 2.26. The minimum atomic E-state index is -0.669. The first-order chi connectivity index (χ1) is 14.0. The van der Waals surface area contributed by atoms with Crippen LogP contribution in [0.15, 0.2) is 41.3 Å². The number of aromatic nitrogens is 4. The Balaban J connectivity index is 1.57. The van der Waals surface area contributed by atoms with Crippen molar-refractivity contribution in [3.63, 3.8) is 0 Å². The molecule has 0 amide bonds. The van der Waals surface area contributed by atoms with Crippen molar-refractivity contribution in [2.75, 3.05) is 7.11 Å². The van der Waals surface area contributed by atoms with Gasteiger partial charge in [-0.3, -0.25) is 4.79 Å². The number of hydrogen-bond donors (Lipinski definition) is 1. The molecule has 0 radical (unpaired) electrons. The lowest BCUT2D eigenvalue weighted by molar-refractivity contribution is 0.0451. The second-order valence-electron chi connectivity index (χ2n) is 6.38. The lowest BCUT2D eigenvalue weighted by atomic mass is 10.2. The van der Waals surface area contributed by atoms with Crippen molar-refractivity contribution in [2.24, 2.45) is 0 Å². The Hall–Kier alpha value is -3.46. The van der Waals surface area contributed by atoms with Gasteiger partial charge in [-0.2, -0.15) is 5.10 Å². The number of esters is 1. The highest BCUT2D eigenvalue weighted by Gasteiger charge is 2.21. The third-order valence-corrected chi connectivity index (χ3v) is 5.64. The summed E-state index contributed by atoms with van der Waals surface area (Å²) in [6, 6.07) is 9.34. The van der Waals surface area contributed by atoms with Crippen LogP contribution in [0, 0.1) is 13.8 Å². The molecule has 0 saturated carbocycles. The number of methoxy groups -OCH3 is 1. The zero-order chi connectivity index (χ0) is 20.5. The van der Waals surface area contributed by atoms with Gasteiger partial charge < -0.3 is 14.5 Å². The van der Waals surface area contributed by atoms with Crippen molar-refractivity contribution in [1.82, 2.24) is 19.7 Å². The Morgan fingerprint density at radius 2 is 2.00 bits per heavy atom. The zero-order valence-electron chi connectivity index (χ0n) is 16.1. The molecular weight excluding hydrogens is 392 g/mol. The summed E-state index contributed by atoms with van der Waals surface area (Å²) in [6.07, 6.45) is 1.61. The van der Waals surface area contributed by atoms with Gasteiger partial charge in [-0.25, -0.2) is 14.5 Å². The number of benzene rings is 1. The van der Waals surface area contributed by atoms with Gasteiger partial charge in [-0.05, 0) is 31.5 Å². The fourth-order valence-electron chi connectivity index (χ4n) is 2.93. The number of thiophene rings is 1. The number of fused-ring (bicyclic) bond motifs is 1. The third-order valence-electron chi connectivity index (χ3n) is 4.54. The van der Waals surface area contributed by atoms with Gasteiger partial charge in [0.25, 0.3) is 5.56 Å². The van der Waals surface area contributed by atoms with Crippen molar-refractivity contribution in [3.05, 3.63) is 68.8 Å². The van der Waals surface area contributed by atoms with Crippen LogP contribution in [0.25, 0.3) is 15.9 Å². The van der Waals surface area contributed by atoms with E-state index >= 15 is 0 Å². The highest BCUT2D eigenvalue weighted by molar-refractivity contribution is 7.18. The first-order valence-electron chi connectivity index (χ1n) is 8.83. The number of aryl methyl sites for hydroxylation is 2. The van der Waals surface area contributed by atoms with Crippen LogP contribution in [-0.2, 0) is 11.3 Å². The maximum absolute atomic E-state index is 12.6. The summed E-state index contributed by atoms with van der Waals surface area (Å²) in [4.78, 5) is 33.6. The number of carbonyl (C=O) groups excluding carboxylic acids is 1. The lowest BCUT2D eigenvalue weighted by Gasteiger charge is -2.04. The quantitative estimate of drug-likeness (QED) is 0.508. The first-order valence-corrected chi connectivity index (χ1v) is 9.64. The van der Waals surface area contributed by atoms with Gasteiger partial charge >= 0.3 is 5.97 Å². The average Bonchev–Trinajstić information content (AvgIpc) is 3.28. The van der Waals surface area contributed by atoms with E-state index in [1.54, 1.807) is 10.9 Å². The van der Waals surface area contributed by atoms with E-state index in [4.69, 9.17) is 9.47 Å². The summed E-state index contributed by atoms with van der Waals surface area (Å²) in [7, 11) is 1.46. The van der Waals surface area contributed by atoms with Gasteiger partial charge in [0.05, 0.1) is 24.4 Å². The van der Waals surface area contributed by atoms with Gasteiger partial charge in [0.15, 0.2) is 5.75 Å². The summed E-state index contributed by atoms with van der Waals surface area (Å²) in [5.74, 6) is -0.100. The molecule has 0 aliphatic heterocycles. The fourth-order valence-corrected chi connectivity index (χ4v) is 3.98. The zero-order valence-corrected chi connectivity index (χ0v) is 16.9. The van der Waals surface area contributed by atoms with E-state index < -0.39 is 5.97 Å². The molecule has 0 bridgehead atoms. The molecule has 0 atom stereocenters. The summed E-state index contributed by atoms with van der Waals surface area (Å²) in [5, 5.41) is 4.85. The summed E-state index contributed by atoms with van der Waals surface area (Å²) >= 11 is 1.44. The SMILES string of the molecule is COc1cn(-c2ccccc2)nc1C(=O)OCc1nc2sc(C)c(C)c2c(=O)[nH]1. The van der Waals surface area contributed by atoms with Crippen LogP contribution in [0.1, 0.15) is 26.8 Å². The van der Waals surface area contributed by atoms with Crippen molar-refractivity contribution in [3.8, 4) is 11.4 Å². The van der Waals surface area contributed by atoms with Gasteiger partial charge in [-0.15, -0.1) is 11.3 Å². The molecule has 1 aromatic carbocycles. The maximum Gasteiger partial charge on any atom is 0.363 e. The number of nitrogens with zero attached hydrogens (tertiary/aromatic N) is 3. The number of H-pyrrole nitrogens is 1. The number of nitrogens with one attached hydrogen (secondary N) is 1. The highest BCUT2D eigenvalue weighted by atomic mass is 32.1. The largest absolute Gasteiger partial charge is 0.493 e. The second-order valence-corrected chi connectivity index (χ2v) is 7.58. The molecule has 0 fully saturated rings. The van der Waals surface area contributed by atoms with Gasteiger partial charge in [0.1, 0.15) is 17.3 Å². The molecule has 3 aromatic heterocycles. The first kappa shape index (κ1) is 18.9. The molecule has 4 aromatic rings. The van der Waals surface area contributed by atoms with E-state index in [1.807, 2.05) is 44.2 Å². The van der Waals surface area contributed by atoms with E-state index in [1.165, 1.54) is 18.4 Å². The second kappa shape index (κ2) is 7.51. The topological polar surface area (TPSA) is 99.1 Å². The van der Waals surface area contributed by atoms with Crippen LogP contribution in [0.2, 0.25) is 0 Å². The van der Waals surface area contributed by atoms with Crippen LogP contribution in [0.4, 0.5) is 0 Å². The van der Waals surface area contributed by atoms with Gasteiger partial charge in [-0.1, -0.05) is 18.2 Å². The molecular formula is C20H18N4O4S. The van der Waals surface area contributed by atoms with Crippen LogP contribution in [0.3, 0.4) is 0 Å². The van der Waals surface area contributed by atoms with E-state index in [0.29, 0.717) is 16.0 Å². The number of aromatic amines is 1. The molecule has 9 heteroatoms. The van der Waals surface area contributed by atoms with E-state index in [2.05, 4.69) is 15.1 Å². The van der Waals surface area contributed by atoms with Crippen molar-refractivity contribution in [2.45, 2.75) is 20.5 Å². The van der Waals surface area contributed by atoms with Crippen LogP contribution in [0.5, 0.6) is 5.75 Å². The van der Waals surface area contributed by atoms with E-state index in [9.17, 15) is 9.59 Å². The van der Waals surface area contributed by atoms with Crippen molar-refractivity contribution >= 4 is 27.5 Å². The molecule has 4 rings (SSSR count). The maximum atomic E-state index is 12.6. The Morgan fingerprint density at radius 3 is 2.72 bits per heavy atom. The van der Waals surface area contributed by atoms with Crippen LogP contribution in [-0.4, -0.2) is 32.8 Å².